The molecule has 1 aliphatic heterocycles. The van der Waals surface area contributed by atoms with Crippen LogP contribution in [0, 0.1) is 11.8 Å². The molecule has 7 heteroatoms. The predicted octanol–water partition coefficient (Wildman–Crippen LogP) is -0.292. The molecule has 0 aromatic heterocycles. The zero-order valence-corrected chi connectivity index (χ0v) is 13.6. The molecule has 2 aliphatic rings. The van der Waals surface area contributed by atoms with Crippen molar-refractivity contribution in [2.75, 3.05) is 20.8 Å². The number of carbonyl (C=O) groups is 1. The van der Waals surface area contributed by atoms with Gasteiger partial charge >= 0.3 is 5.97 Å². The molecule has 0 spiro atoms. The van der Waals surface area contributed by atoms with E-state index in [2.05, 4.69) is 4.74 Å². The van der Waals surface area contributed by atoms with Gasteiger partial charge in [-0.15, -0.1) is 0 Å². The molecule has 2 rings (SSSR count). The van der Waals surface area contributed by atoms with E-state index in [1.807, 2.05) is 13.8 Å². The zero-order chi connectivity index (χ0) is 16.9. The number of hydrogen-bond donors (Lipinski definition) is 3. The smallest absolute Gasteiger partial charge is 0.337 e. The van der Waals surface area contributed by atoms with Gasteiger partial charge in [0.1, 0.15) is 0 Å². The fraction of sp³-hybridized carbons (Fsp3) is 0.933. The lowest BCUT2D eigenvalue weighted by Crippen LogP contribution is -2.31. The molecular formula is C15H28O7. The fourth-order valence-electron chi connectivity index (χ4n) is 2.94. The molecule has 1 saturated heterocycles. The minimum atomic E-state index is -0.782. The van der Waals surface area contributed by atoms with Gasteiger partial charge in [0, 0.05) is 19.4 Å². The Morgan fingerprint density at radius 3 is 2.14 bits per heavy atom. The molecule has 0 bridgehead atoms. The van der Waals surface area contributed by atoms with E-state index >= 15 is 0 Å². The van der Waals surface area contributed by atoms with Gasteiger partial charge < -0.3 is 29.5 Å². The van der Waals surface area contributed by atoms with Crippen LogP contribution in [0.1, 0.15) is 26.7 Å². The van der Waals surface area contributed by atoms with Crippen molar-refractivity contribution in [3.63, 3.8) is 0 Å². The highest BCUT2D eigenvalue weighted by molar-refractivity contribution is 5.75. The monoisotopic (exact) mass is 320 g/mol. The summed E-state index contributed by atoms with van der Waals surface area (Å²) >= 11 is 0. The topological polar surface area (TPSA) is 105 Å². The molecular weight excluding hydrogens is 292 g/mol. The third kappa shape index (κ3) is 4.89. The first kappa shape index (κ1) is 19.3. The number of aliphatic hydroxyl groups is 3. The summed E-state index contributed by atoms with van der Waals surface area (Å²) in [5.74, 6) is -0.387. The molecule has 0 aromatic rings. The molecule has 3 unspecified atom stereocenters. The number of esters is 1. The van der Waals surface area contributed by atoms with Crippen LogP contribution in [0.4, 0.5) is 0 Å². The van der Waals surface area contributed by atoms with Crippen molar-refractivity contribution >= 4 is 5.97 Å². The van der Waals surface area contributed by atoms with E-state index in [1.54, 1.807) is 7.11 Å². The first-order valence-electron chi connectivity index (χ1n) is 7.58. The number of ether oxygens (including phenoxy) is 3. The van der Waals surface area contributed by atoms with Gasteiger partial charge in [0.15, 0.2) is 6.10 Å². The van der Waals surface area contributed by atoms with E-state index in [0.717, 1.165) is 0 Å². The summed E-state index contributed by atoms with van der Waals surface area (Å²) in [6.07, 6.45) is -1.15. The van der Waals surface area contributed by atoms with Crippen molar-refractivity contribution in [1.29, 1.82) is 0 Å². The van der Waals surface area contributed by atoms with Crippen LogP contribution >= 0.6 is 0 Å². The molecule has 130 valence electrons. The van der Waals surface area contributed by atoms with Gasteiger partial charge in [-0.2, -0.15) is 0 Å². The number of hydrogen-bond acceptors (Lipinski definition) is 7. The van der Waals surface area contributed by atoms with Crippen LogP contribution in [0.15, 0.2) is 0 Å². The van der Waals surface area contributed by atoms with Crippen molar-refractivity contribution in [2.45, 2.75) is 57.2 Å². The minimum absolute atomic E-state index is 0.0610. The van der Waals surface area contributed by atoms with Crippen LogP contribution in [0.2, 0.25) is 0 Å². The Morgan fingerprint density at radius 1 is 1.14 bits per heavy atom. The lowest BCUT2D eigenvalue weighted by atomic mass is 10.0. The molecule has 7 atom stereocenters. The van der Waals surface area contributed by atoms with E-state index in [-0.39, 0.29) is 24.0 Å². The highest BCUT2D eigenvalue weighted by atomic mass is 16.6. The van der Waals surface area contributed by atoms with Crippen LogP contribution < -0.4 is 0 Å². The van der Waals surface area contributed by atoms with Gasteiger partial charge in [0.05, 0.1) is 38.1 Å². The van der Waals surface area contributed by atoms with Crippen LogP contribution in [0.3, 0.4) is 0 Å². The number of rotatable bonds is 3. The van der Waals surface area contributed by atoms with E-state index in [0.29, 0.717) is 19.4 Å². The molecule has 1 saturated carbocycles. The Bertz CT molecular complexity index is 349. The Labute approximate surface area is 131 Å². The van der Waals surface area contributed by atoms with Crippen LogP contribution in [0.5, 0.6) is 0 Å². The number of methoxy groups -OCH3 is 2. The summed E-state index contributed by atoms with van der Waals surface area (Å²) in [6, 6.07) is 0. The second kappa shape index (κ2) is 8.79. The Kier molecular flexibility index (Phi) is 7.71. The predicted molar refractivity (Wildman–Crippen MR) is 78.1 cm³/mol. The third-order valence-electron chi connectivity index (χ3n) is 4.22. The summed E-state index contributed by atoms with van der Waals surface area (Å²) in [4.78, 5) is 10.9. The summed E-state index contributed by atoms with van der Waals surface area (Å²) in [6.45, 7) is 4.21. The van der Waals surface area contributed by atoms with Gasteiger partial charge in [-0.1, -0.05) is 6.92 Å². The lowest BCUT2D eigenvalue weighted by molar-refractivity contribution is -0.156. The molecule has 2 fully saturated rings. The SMILES string of the molecule is COC(=O)[C@H]1O[C@@H](C)CC1O.COC[C@@H]1C(O)C[C@H](C)C1O. The van der Waals surface area contributed by atoms with Crippen LogP contribution in [-0.2, 0) is 19.0 Å². The van der Waals surface area contributed by atoms with Crippen molar-refractivity contribution in [3.8, 4) is 0 Å². The molecule has 22 heavy (non-hydrogen) atoms. The largest absolute Gasteiger partial charge is 0.467 e. The highest BCUT2D eigenvalue weighted by Gasteiger charge is 2.39. The normalized spacial score (nSPS) is 41.0. The quantitative estimate of drug-likeness (QED) is 0.614. The van der Waals surface area contributed by atoms with Crippen molar-refractivity contribution in [1.82, 2.24) is 0 Å². The second-order valence-corrected chi connectivity index (χ2v) is 6.08. The van der Waals surface area contributed by atoms with Gasteiger partial charge in [0.2, 0.25) is 0 Å². The van der Waals surface area contributed by atoms with Crippen molar-refractivity contribution < 1.29 is 34.3 Å². The molecule has 7 nitrogen and oxygen atoms in total. The summed E-state index contributed by atoms with van der Waals surface area (Å²) in [5.41, 5.74) is 0. The van der Waals surface area contributed by atoms with Gasteiger partial charge in [-0.3, -0.25) is 0 Å². The molecule has 0 aromatic carbocycles. The van der Waals surface area contributed by atoms with Gasteiger partial charge in [-0.05, 0) is 19.3 Å². The number of carbonyl (C=O) groups excluding carboxylic acids is 1. The molecule has 0 amide bonds. The standard InChI is InChI=1S/C8H16O3.C7H12O4/c1-5-3-7(9)6(4-11-2)8(5)10;1-4-3-5(8)6(11-4)7(9)10-2/h5-10H,3-4H2,1-2H3;4-6,8H,3H2,1-2H3/t5-,6+,7?,8?;4-,5?,6-/m00/s1. The third-order valence-corrected chi connectivity index (χ3v) is 4.22. The molecule has 1 heterocycles. The zero-order valence-electron chi connectivity index (χ0n) is 13.6. The molecule has 1 aliphatic carbocycles. The maximum absolute atomic E-state index is 10.9. The average Bonchev–Trinajstić information content (AvgIpc) is 2.92. The van der Waals surface area contributed by atoms with Gasteiger partial charge in [-0.25, -0.2) is 4.79 Å². The Balaban J connectivity index is 0.000000220. The number of aliphatic hydroxyl groups excluding tert-OH is 3. The fourth-order valence-corrected chi connectivity index (χ4v) is 2.94. The lowest BCUT2D eigenvalue weighted by Gasteiger charge is -2.17. The first-order valence-corrected chi connectivity index (χ1v) is 7.58. The van der Waals surface area contributed by atoms with E-state index < -0.39 is 24.3 Å². The summed E-state index contributed by atoms with van der Waals surface area (Å²) in [5, 5.41) is 28.2. The van der Waals surface area contributed by atoms with E-state index in [1.165, 1.54) is 7.11 Å². The van der Waals surface area contributed by atoms with E-state index in [9.17, 15) is 20.1 Å². The van der Waals surface area contributed by atoms with Crippen LogP contribution in [-0.4, -0.2) is 72.6 Å². The first-order chi connectivity index (χ1) is 10.3. The minimum Gasteiger partial charge on any atom is -0.467 e. The molecule has 3 N–H and O–H groups in total. The van der Waals surface area contributed by atoms with E-state index in [4.69, 9.17) is 9.47 Å². The highest BCUT2D eigenvalue weighted by Crippen LogP contribution is 2.31. The maximum atomic E-state index is 10.9. The Hall–Kier alpha value is -0.730. The second-order valence-electron chi connectivity index (χ2n) is 6.08. The average molecular weight is 320 g/mol. The van der Waals surface area contributed by atoms with Crippen molar-refractivity contribution in [3.05, 3.63) is 0 Å². The maximum Gasteiger partial charge on any atom is 0.337 e. The summed E-state index contributed by atoms with van der Waals surface area (Å²) in [7, 11) is 2.86. The Morgan fingerprint density at radius 2 is 1.77 bits per heavy atom. The summed E-state index contributed by atoms with van der Waals surface area (Å²) < 4.78 is 14.4. The molecule has 0 radical (unpaired) electrons. The van der Waals surface area contributed by atoms with Crippen molar-refractivity contribution in [2.24, 2.45) is 11.8 Å². The van der Waals surface area contributed by atoms with Crippen LogP contribution in [0.25, 0.3) is 0 Å². The van der Waals surface area contributed by atoms with Gasteiger partial charge in [0.25, 0.3) is 0 Å².